The molecule has 0 fully saturated rings. The van der Waals surface area contributed by atoms with E-state index in [4.69, 9.17) is 0 Å². The molecular weight excluding hydrogens is 242 g/mol. The Bertz CT molecular complexity index is 730. The first-order chi connectivity index (χ1) is 9.74. The molecular formula is C19H17N. The van der Waals surface area contributed by atoms with Crippen molar-refractivity contribution in [1.29, 1.82) is 0 Å². The predicted octanol–water partition coefficient (Wildman–Crippen LogP) is 4.54. The molecule has 4 rings (SSSR count). The molecule has 0 spiro atoms. The van der Waals surface area contributed by atoms with Gasteiger partial charge in [0.25, 0.3) is 0 Å². The van der Waals surface area contributed by atoms with Gasteiger partial charge in [-0.25, -0.2) is 0 Å². The van der Waals surface area contributed by atoms with E-state index in [9.17, 15) is 0 Å². The van der Waals surface area contributed by atoms with Crippen LogP contribution in [-0.4, -0.2) is 4.90 Å². The van der Waals surface area contributed by atoms with Crippen molar-refractivity contribution in [2.24, 2.45) is 5.92 Å². The van der Waals surface area contributed by atoms with Crippen LogP contribution in [0, 0.1) is 5.92 Å². The van der Waals surface area contributed by atoms with Crippen LogP contribution >= 0.6 is 0 Å². The second-order valence-corrected chi connectivity index (χ2v) is 5.67. The summed E-state index contributed by atoms with van der Waals surface area (Å²) in [7, 11) is 0. The molecule has 0 aromatic heterocycles. The van der Waals surface area contributed by atoms with Crippen LogP contribution in [0.4, 0.5) is 0 Å². The largest absolute Gasteiger partial charge is 0.323 e. The first-order valence-electron chi connectivity index (χ1n) is 7.09. The number of rotatable bonds is 0. The van der Waals surface area contributed by atoms with Crippen LogP contribution in [0.3, 0.4) is 0 Å². The van der Waals surface area contributed by atoms with Crippen LogP contribution in [-0.2, 0) is 0 Å². The lowest BCUT2D eigenvalue weighted by molar-refractivity contribution is 0.616. The highest BCUT2D eigenvalue weighted by Crippen LogP contribution is 2.41. The van der Waals surface area contributed by atoms with Gasteiger partial charge in [-0.05, 0) is 47.8 Å². The SMILES string of the molecule is CC1=CN2C=C3C=CC4C=CC=CC4=C3C(C)=C2C=C1. The van der Waals surface area contributed by atoms with Gasteiger partial charge in [0.15, 0.2) is 0 Å². The number of allylic oxidation sites excluding steroid dienone is 13. The van der Waals surface area contributed by atoms with E-state index in [2.05, 4.69) is 79.8 Å². The van der Waals surface area contributed by atoms with Gasteiger partial charge in [-0.3, -0.25) is 0 Å². The summed E-state index contributed by atoms with van der Waals surface area (Å²) in [5.74, 6) is 0.430. The highest BCUT2D eigenvalue weighted by Gasteiger charge is 2.27. The lowest BCUT2D eigenvalue weighted by atomic mass is 9.78. The summed E-state index contributed by atoms with van der Waals surface area (Å²) in [5.41, 5.74) is 8.09. The maximum absolute atomic E-state index is 2.29. The van der Waals surface area contributed by atoms with E-state index in [-0.39, 0.29) is 0 Å². The number of nitrogens with zero attached hydrogens (tertiary/aromatic N) is 1. The van der Waals surface area contributed by atoms with Gasteiger partial charge < -0.3 is 4.90 Å². The van der Waals surface area contributed by atoms with Gasteiger partial charge in [-0.1, -0.05) is 42.5 Å². The van der Waals surface area contributed by atoms with Gasteiger partial charge in [0.2, 0.25) is 0 Å². The van der Waals surface area contributed by atoms with Crippen molar-refractivity contribution < 1.29 is 0 Å². The van der Waals surface area contributed by atoms with Crippen molar-refractivity contribution in [2.45, 2.75) is 13.8 Å². The maximum atomic E-state index is 2.29. The van der Waals surface area contributed by atoms with E-state index < -0.39 is 0 Å². The van der Waals surface area contributed by atoms with E-state index >= 15 is 0 Å². The molecule has 20 heavy (non-hydrogen) atoms. The first-order valence-corrected chi connectivity index (χ1v) is 7.09. The Kier molecular flexibility index (Phi) is 2.37. The molecule has 0 saturated heterocycles. The Hall–Kier alpha value is -2.28. The molecule has 0 N–H and O–H groups in total. The molecule has 0 aromatic carbocycles. The molecule has 0 aromatic rings. The second kappa shape index (κ2) is 4.11. The molecule has 98 valence electrons. The minimum absolute atomic E-state index is 0.430. The molecule has 2 heterocycles. The molecule has 1 atom stereocenters. The summed E-state index contributed by atoms with van der Waals surface area (Å²) in [6.45, 7) is 4.37. The highest BCUT2D eigenvalue weighted by molar-refractivity contribution is 5.66. The second-order valence-electron chi connectivity index (χ2n) is 5.67. The smallest absolute Gasteiger partial charge is 0.0485 e. The third kappa shape index (κ3) is 1.56. The van der Waals surface area contributed by atoms with Gasteiger partial charge in [0.05, 0.1) is 0 Å². The topological polar surface area (TPSA) is 3.24 Å². The Morgan fingerprint density at radius 3 is 2.70 bits per heavy atom. The minimum atomic E-state index is 0.430. The van der Waals surface area contributed by atoms with Crippen LogP contribution in [0.5, 0.6) is 0 Å². The zero-order valence-electron chi connectivity index (χ0n) is 11.8. The van der Waals surface area contributed by atoms with Crippen molar-refractivity contribution in [3.63, 3.8) is 0 Å². The quantitative estimate of drug-likeness (QED) is 0.617. The van der Waals surface area contributed by atoms with Gasteiger partial charge in [-0.2, -0.15) is 0 Å². The fourth-order valence-corrected chi connectivity index (χ4v) is 3.31. The van der Waals surface area contributed by atoms with Gasteiger partial charge in [0.1, 0.15) is 0 Å². The molecule has 0 radical (unpaired) electrons. The molecule has 1 nitrogen and oxygen atoms in total. The monoisotopic (exact) mass is 259 g/mol. The fourth-order valence-electron chi connectivity index (χ4n) is 3.31. The maximum Gasteiger partial charge on any atom is 0.0485 e. The van der Waals surface area contributed by atoms with Crippen LogP contribution < -0.4 is 0 Å². The molecule has 0 bridgehead atoms. The Morgan fingerprint density at radius 2 is 1.80 bits per heavy atom. The van der Waals surface area contributed by atoms with Crippen LogP contribution in [0.25, 0.3) is 0 Å². The van der Waals surface area contributed by atoms with E-state index in [1.54, 1.807) is 0 Å². The highest BCUT2D eigenvalue weighted by atomic mass is 15.1. The average molecular weight is 259 g/mol. The summed E-state index contributed by atoms with van der Waals surface area (Å²) in [6, 6.07) is 0. The molecule has 1 heteroatoms. The fraction of sp³-hybridized carbons (Fsp3) is 0.158. The van der Waals surface area contributed by atoms with E-state index in [1.807, 2.05) is 0 Å². The predicted molar refractivity (Wildman–Crippen MR) is 83.5 cm³/mol. The summed E-state index contributed by atoms with van der Waals surface area (Å²) < 4.78 is 0. The Labute approximate surface area is 120 Å². The molecule has 4 aliphatic rings. The number of hydrogen-bond donors (Lipinski definition) is 0. The average Bonchev–Trinajstić information content (AvgIpc) is 2.46. The third-order valence-electron chi connectivity index (χ3n) is 4.29. The lowest BCUT2D eigenvalue weighted by Gasteiger charge is -2.34. The van der Waals surface area contributed by atoms with E-state index in [0.717, 1.165) is 0 Å². The Balaban J connectivity index is 1.93. The molecule has 1 unspecified atom stereocenters. The number of hydrogen-bond acceptors (Lipinski definition) is 1. The summed E-state index contributed by atoms with van der Waals surface area (Å²) >= 11 is 0. The standard InChI is InChI=1S/C19H17N/c1-13-7-10-18-14(2)19-16(12-20(18)11-13)9-8-15-5-3-4-6-17(15)19/h3-12,15H,1-2H3. The molecule has 2 aliphatic carbocycles. The lowest BCUT2D eigenvalue weighted by Crippen LogP contribution is -2.22. The number of fused-ring (bicyclic) bond motifs is 3. The summed E-state index contributed by atoms with van der Waals surface area (Å²) in [6.07, 6.45) is 22.2. The summed E-state index contributed by atoms with van der Waals surface area (Å²) in [5, 5.41) is 0. The summed E-state index contributed by atoms with van der Waals surface area (Å²) in [4.78, 5) is 2.25. The molecule has 0 amide bonds. The van der Waals surface area contributed by atoms with Crippen molar-refractivity contribution in [3.8, 4) is 0 Å². The van der Waals surface area contributed by atoms with Gasteiger partial charge in [-0.15, -0.1) is 0 Å². The van der Waals surface area contributed by atoms with Crippen molar-refractivity contribution >= 4 is 0 Å². The zero-order chi connectivity index (χ0) is 13.7. The normalized spacial score (nSPS) is 26.3. The van der Waals surface area contributed by atoms with Crippen LogP contribution in [0.15, 0.2) is 94.6 Å². The molecule has 0 saturated carbocycles. The van der Waals surface area contributed by atoms with Crippen molar-refractivity contribution in [2.75, 3.05) is 0 Å². The van der Waals surface area contributed by atoms with Crippen LogP contribution in [0.2, 0.25) is 0 Å². The minimum Gasteiger partial charge on any atom is -0.323 e. The van der Waals surface area contributed by atoms with Crippen molar-refractivity contribution in [3.05, 3.63) is 94.6 Å². The van der Waals surface area contributed by atoms with Crippen molar-refractivity contribution in [1.82, 2.24) is 4.90 Å². The van der Waals surface area contributed by atoms with Gasteiger partial charge in [0, 0.05) is 24.0 Å². The van der Waals surface area contributed by atoms with Crippen LogP contribution in [0.1, 0.15) is 13.8 Å². The van der Waals surface area contributed by atoms with E-state index in [1.165, 1.54) is 33.6 Å². The van der Waals surface area contributed by atoms with E-state index in [0.29, 0.717) is 5.92 Å². The third-order valence-corrected chi connectivity index (χ3v) is 4.29. The molecule has 2 aliphatic heterocycles. The van der Waals surface area contributed by atoms with Gasteiger partial charge >= 0.3 is 0 Å². The Morgan fingerprint density at radius 1 is 0.900 bits per heavy atom. The zero-order valence-corrected chi connectivity index (χ0v) is 11.8. The first kappa shape index (κ1) is 11.5.